The predicted octanol–water partition coefficient (Wildman–Crippen LogP) is 0.993. The van der Waals surface area contributed by atoms with Crippen molar-refractivity contribution in [1.29, 1.82) is 0 Å². The van der Waals surface area contributed by atoms with Crippen LogP contribution in [0, 0.1) is 0 Å². The number of urea groups is 1. The first-order valence-electron chi connectivity index (χ1n) is 8.92. The molecule has 1 saturated carbocycles. The van der Waals surface area contributed by atoms with Crippen molar-refractivity contribution < 1.29 is 14.1 Å². The van der Waals surface area contributed by atoms with Crippen LogP contribution in [-0.2, 0) is 4.79 Å². The fourth-order valence-electron chi connectivity index (χ4n) is 4.07. The van der Waals surface area contributed by atoms with Crippen LogP contribution < -0.4 is 10.6 Å². The molecule has 3 heterocycles. The van der Waals surface area contributed by atoms with E-state index in [0.717, 1.165) is 32.5 Å². The van der Waals surface area contributed by atoms with Crippen LogP contribution in [-0.4, -0.2) is 64.1 Å². The van der Waals surface area contributed by atoms with Gasteiger partial charge in [0, 0.05) is 19.6 Å². The summed E-state index contributed by atoms with van der Waals surface area (Å²) in [6.45, 7) is 4.33. The van der Waals surface area contributed by atoms with Gasteiger partial charge in [0.2, 0.25) is 5.89 Å². The summed E-state index contributed by atoms with van der Waals surface area (Å²) in [6.07, 6.45) is 3.32. The highest BCUT2D eigenvalue weighted by Crippen LogP contribution is 2.38. The van der Waals surface area contributed by atoms with E-state index in [-0.39, 0.29) is 30.4 Å². The van der Waals surface area contributed by atoms with E-state index in [9.17, 15) is 9.59 Å². The number of hydrogen-bond donors (Lipinski definition) is 2. The SMILES string of the molecule is CC(c1nc(C2CNCCN2C)no1)N1C(=O)NC2(CCCC2)C1=O.Cl. The summed E-state index contributed by atoms with van der Waals surface area (Å²) in [6, 6.07) is -0.908. The largest absolute Gasteiger partial charge is 0.337 e. The summed E-state index contributed by atoms with van der Waals surface area (Å²) in [5, 5.41) is 10.3. The van der Waals surface area contributed by atoms with Gasteiger partial charge in [-0.05, 0) is 26.8 Å². The molecule has 1 aromatic rings. The maximum Gasteiger partial charge on any atom is 0.325 e. The van der Waals surface area contributed by atoms with Crippen LogP contribution in [0.2, 0.25) is 0 Å². The lowest BCUT2D eigenvalue weighted by Gasteiger charge is -2.30. The number of likely N-dealkylation sites (N-methyl/N-ethyl adjacent to an activating group) is 1. The molecule has 0 radical (unpaired) electrons. The summed E-state index contributed by atoms with van der Waals surface area (Å²) in [5.41, 5.74) is -0.721. The second-order valence-electron chi connectivity index (χ2n) is 7.26. The number of carbonyl (C=O) groups is 2. The molecule has 9 nitrogen and oxygen atoms in total. The molecular formula is C16H25ClN6O3. The van der Waals surface area contributed by atoms with Crippen molar-refractivity contribution in [3.63, 3.8) is 0 Å². The van der Waals surface area contributed by atoms with Gasteiger partial charge >= 0.3 is 6.03 Å². The van der Waals surface area contributed by atoms with E-state index >= 15 is 0 Å². The zero-order valence-corrected chi connectivity index (χ0v) is 15.8. The highest BCUT2D eigenvalue weighted by Gasteiger charge is 2.54. The Morgan fingerprint density at radius 1 is 1.31 bits per heavy atom. The summed E-state index contributed by atoms with van der Waals surface area (Å²) >= 11 is 0. The smallest absolute Gasteiger partial charge is 0.325 e. The number of imide groups is 1. The van der Waals surface area contributed by atoms with Gasteiger partial charge in [0.1, 0.15) is 11.6 Å². The highest BCUT2D eigenvalue weighted by atomic mass is 35.5. The topological polar surface area (TPSA) is 104 Å². The minimum absolute atomic E-state index is 0. The number of piperazine rings is 1. The van der Waals surface area contributed by atoms with Crippen molar-refractivity contribution in [3.05, 3.63) is 11.7 Å². The molecule has 2 aliphatic heterocycles. The fourth-order valence-corrected chi connectivity index (χ4v) is 4.07. The first-order chi connectivity index (χ1) is 12.0. The van der Waals surface area contributed by atoms with Gasteiger partial charge in [0.05, 0.1) is 6.04 Å². The molecular weight excluding hydrogens is 360 g/mol. The summed E-state index contributed by atoms with van der Waals surface area (Å²) in [5.74, 6) is 0.713. The molecule has 144 valence electrons. The van der Waals surface area contributed by atoms with Crippen LogP contribution in [0.25, 0.3) is 0 Å². The standard InChI is InChI=1S/C16H24N6O3.ClH/c1-10(22-14(23)16(19-15(22)24)5-3-4-6-16)13-18-12(20-25-13)11-9-17-7-8-21(11)2;/h10-11,17H,3-9H2,1-2H3,(H,19,24);1H. The lowest BCUT2D eigenvalue weighted by Crippen LogP contribution is -2.44. The van der Waals surface area contributed by atoms with Crippen LogP contribution in [0.3, 0.4) is 0 Å². The second-order valence-corrected chi connectivity index (χ2v) is 7.26. The minimum atomic E-state index is -0.721. The number of rotatable bonds is 3. The summed E-state index contributed by atoms with van der Waals surface area (Å²) in [7, 11) is 2.02. The Labute approximate surface area is 158 Å². The van der Waals surface area contributed by atoms with Crippen LogP contribution in [0.15, 0.2) is 4.52 Å². The number of carbonyl (C=O) groups excluding carboxylic acids is 2. The molecule has 3 amide bonds. The number of nitrogens with zero attached hydrogens (tertiary/aromatic N) is 4. The van der Waals surface area contributed by atoms with Gasteiger partial charge in [0.15, 0.2) is 5.82 Å². The molecule has 4 rings (SSSR count). The van der Waals surface area contributed by atoms with Gasteiger partial charge in [-0.2, -0.15) is 4.98 Å². The van der Waals surface area contributed by atoms with E-state index in [1.807, 2.05) is 7.05 Å². The van der Waals surface area contributed by atoms with Crippen molar-refractivity contribution >= 4 is 24.3 Å². The van der Waals surface area contributed by atoms with Gasteiger partial charge in [-0.3, -0.25) is 9.69 Å². The highest BCUT2D eigenvalue weighted by molar-refractivity contribution is 6.07. The van der Waals surface area contributed by atoms with Crippen LogP contribution in [0.1, 0.15) is 56.4 Å². The fraction of sp³-hybridized carbons (Fsp3) is 0.750. The molecule has 1 spiro atoms. The Morgan fingerprint density at radius 3 is 2.73 bits per heavy atom. The van der Waals surface area contributed by atoms with Crippen LogP contribution in [0.4, 0.5) is 4.79 Å². The number of nitrogens with one attached hydrogen (secondary N) is 2. The van der Waals surface area contributed by atoms with Crippen molar-refractivity contribution in [3.8, 4) is 0 Å². The maximum atomic E-state index is 12.8. The molecule has 1 aliphatic carbocycles. The monoisotopic (exact) mass is 384 g/mol. The van der Waals surface area contributed by atoms with Gasteiger partial charge in [-0.15, -0.1) is 12.4 Å². The Bertz CT molecular complexity index is 689. The van der Waals surface area contributed by atoms with Crippen LogP contribution >= 0.6 is 12.4 Å². The molecule has 0 aromatic carbocycles. The first-order valence-corrected chi connectivity index (χ1v) is 8.92. The van der Waals surface area contributed by atoms with E-state index in [1.165, 1.54) is 4.90 Å². The third-order valence-electron chi connectivity index (χ3n) is 5.66. The lowest BCUT2D eigenvalue weighted by molar-refractivity contribution is -0.132. The quantitative estimate of drug-likeness (QED) is 0.749. The third kappa shape index (κ3) is 2.97. The van der Waals surface area contributed by atoms with Gasteiger partial charge in [0.25, 0.3) is 5.91 Å². The Hall–Kier alpha value is -1.71. The van der Waals surface area contributed by atoms with E-state index in [1.54, 1.807) is 6.92 Å². The van der Waals surface area contributed by atoms with Gasteiger partial charge in [-0.1, -0.05) is 18.0 Å². The molecule has 2 unspecified atom stereocenters. The molecule has 2 N–H and O–H groups in total. The van der Waals surface area contributed by atoms with Gasteiger partial charge in [-0.25, -0.2) is 9.69 Å². The third-order valence-corrected chi connectivity index (χ3v) is 5.66. The van der Waals surface area contributed by atoms with Crippen molar-refractivity contribution in [2.45, 2.75) is 50.2 Å². The summed E-state index contributed by atoms with van der Waals surface area (Å²) < 4.78 is 5.40. The van der Waals surface area contributed by atoms with Crippen molar-refractivity contribution in [2.24, 2.45) is 0 Å². The molecule has 10 heteroatoms. The van der Waals surface area contributed by atoms with Crippen molar-refractivity contribution in [2.75, 3.05) is 26.7 Å². The second kappa shape index (κ2) is 7.13. The Kier molecular flexibility index (Phi) is 5.23. The number of amides is 3. The number of halogens is 1. The molecule has 3 aliphatic rings. The first kappa shape index (κ1) is 19.1. The maximum absolute atomic E-state index is 12.8. The molecule has 1 aromatic heterocycles. The Balaban J connectivity index is 0.00000196. The van der Waals surface area contributed by atoms with E-state index in [4.69, 9.17) is 4.52 Å². The number of aromatic nitrogens is 2. The van der Waals surface area contributed by atoms with E-state index in [0.29, 0.717) is 24.6 Å². The molecule has 26 heavy (non-hydrogen) atoms. The Morgan fingerprint density at radius 2 is 2.04 bits per heavy atom. The van der Waals surface area contributed by atoms with Crippen molar-refractivity contribution in [1.82, 2.24) is 30.6 Å². The normalized spacial score (nSPS) is 26.8. The average molecular weight is 385 g/mol. The zero-order chi connectivity index (χ0) is 17.6. The predicted molar refractivity (Wildman–Crippen MR) is 94.8 cm³/mol. The molecule has 2 saturated heterocycles. The van der Waals surface area contributed by atoms with Gasteiger partial charge < -0.3 is 15.2 Å². The van der Waals surface area contributed by atoms with E-state index < -0.39 is 11.6 Å². The molecule has 2 atom stereocenters. The molecule has 3 fully saturated rings. The van der Waals surface area contributed by atoms with Crippen LogP contribution in [0.5, 0.6) is 0 Å². The number of hydrogen-bond acceptors (Lipinski definition) is 7. The molecule has 0 bridgehead atoms. The average Bonchev–Trinajstić information content (AvgIpc) is 3.29. The lowest BCUT2D eigenvalue weighted by atomic mass is 9.98. The minimum Gasteiger partial charge on any atom is -0.337 e. The van der Waals surface area contributed by atoms with E-state index in [2.05, 4.69) is 25.7 Å². The zero-order valence-electron chi connectivity index (χ0n) is 15.0. The summed E-state index contributed by atoms with van der Waals surface area (Å²) in [4.78, 5) is 33.1.